The van der Waals surface area contributed by atoms with E-state index < -0.39 is 0 Å². The van der Waals surface area contributed by atoms with Gasteiger partial charge < -0.3 is 10.1 Å². The maximum atomic E-state index is 6.06. The van der Waals surface area contributed by atoms with Crippen LogP contribution in [0.4, 0.5) is 5.69 Å². The van der Waals surface area contributed by atoms with Gasteiger partial charge in [0.1, 0.15) is 12.4 Å². The molecule has 0 spiro atoms. The summed E-state index contributed by atoms with van der Waals surface area (Å²) in [5.74, 6) is 0.870. The molecule has 0 heterocycles. The van der Waals surface area contributed by atoms with Crippen LogP contribution in [0, 0.1) is 0 Å². The molecule has 4 heteroatoms. The van der Waals surface area contributed by atoms with Crippen LogP contribution in [0.15, 0.2) is 71.2 Å². The lowest BCUT2D eigenvalue weighted by molar-refractivity contribution is 0.303. The van der Waals surface area contributed by atoms with Crippen LogP contribution in [0.2, 0.25) is 5.02 Å². The molecule has 3 aromatic carbocycles. The Labute approximate surface area is 168 Å². The summed E-state index contributed by atoms with van der Waals surface area (Å²) in [5, 5.41) is 4.26. The minimum absolute atomic E-state index is 0.487. The minimum Gasteiger partial charge on any atom is -0.489 e. The second-order valence-electron chi connectivity index (χ2n) is 6.03. The Hall–Kier alpha value is -1.97. The minimum atomic E-state index is 0.487. The van der Waals surface area contributed by atoms with Gasteiger partial charge in [-0.25, -0.2) is 0 Å². The zero-order chi connectivity index (χ0) is 18.4. The van der Waals surface area contributed by atoms with Gasteiger partial charge in [-0.3, -0.25) is 0 Å². The first-order chi connectivity index (χ1) is 12.7. The van der Waals surface area contributed by atoms with Crippen molar-refractivity contribution in [3.63, 3.8) is 0 Å². The average Bonchev–Trinajstić information content (AvgIpc) is 2.66. The van der Waals surface area contributed by atoms with E-state index in [1.54, 1.807) is 0 Å². The van der Waals surface area contributed by atoms with Crippen LogP contribution in [0.5, 0.6) is 5.75 Å². The smallest absolute Gasteiger partial charge is 0.124 e. The van der Waals surface area contributed by atoms with Crippen molar-refractivity contribution >= 4 is 33.2 Å². The van der Waals surface area contributed by atoms with Gasteiger partial charge in [0.15, 0.2) is 0 Å². The molecule has 3 aromatic rings. The fraction of sp³-hybridized carbons (Fsp3) is 0.182. The first-order valence-corrected chi connectivity index (χ1v) is 9.80. The highest BCUT2D eigenvalue weighted by Crippen LogP contribution is 2.26. The van der Waals surface area contributed by atoms with Crippen molar-refractivity contribution in [2.24, 2.45) is 0 Å². The largest absolute Gasteiger partial charge is 0.489 e. The van der Waals surface area contributed by atoms with Crippen LogP contribution in [0.25, 0.3) is 0 Å². The highest BCUT2D eigenvalue weighted by atomic mass is 79.9. The number of rotatable bonds is 7. The van der Waals surface area contributed by atoms with Crippen LogP contribution in [0.1, 0.15) is 23.6 Å². The van der Waals surface area contributed by atoms with Crippen molar-refractivity contribution in [2.45, 2.75) is 26.5 Å². The Bertz CT molecular complexity index is 882. The molecular formula is C22H21BrClNO. The molecule has 26 heavy (non-hydrogen) atoms. The van der Waals surface area contributed by atoms with Crippen LogP contribution < -0.4 is 10.1 Å². The molecule has 1 N–H and O–H groups in total. The van der Waals surface area contributed by atoms with Crippen molar-refractivity contribution in [2.75, 3.05) is 5.32 Å². The number of benzene rings is 3. The number of anilines is 1. The molecule has 134 valence electrons. The van der Waals surface area contributed by atoms with E-state index in [0.29, 0.717) is 13.2 Å². The van der Waals surface area contributed by atoms with Crippen molar-refractivity contribution in [3.8, 4) is 5.75 Å². The molecule has 0 saturated carbocycles. The molecule has 0 radical (unpaired) electrons. The molecule has 3 rings (SSSR count). The fourth-order valence-corrected chi connectivity index (χ4v) is 3.43. The first kappa shape index (κ1) is 18.8. The summed E-state index contributed by atoms with van der Waals surface area (Å²) < 4.78 is 7.09. The first-order valence-electron chi connectivity index (χ1n) is 8.63. The maximum Gasteiger partial charge on any atom is 0.124 e. The van der Waals surface area contributed by atoms with E-state index in [1.165, 1.54) is 5.56 Å². The second-order valence-corrected chi connectivity index (χ2v) is 7.39. The van der Waals surface area contributed by atoms with Crippen LogP contribution >= 0.6 is 27.5 Å². The Kier molecular flexibility index (Phi) is 6.59. The van der Waals surface area contributed by atoms with Gasteiger partial charge in [0.2, 0.25) is 0 Å². The molecule has 0 atom stereocenters. The summed E-state index contributed by atoms with van der Waals surface area (Å²) in [7, 11) is 0. The molecular weight excluding hydrogens is 410 g/mol. The quantitative estimate of drug-likeness (QED) is 0.442. The van der Waals surface area contributed by atoms with E-state index >= 15 is 0 Å². The third-order valence-corrected chi connectivity index (χ3v) is 4.90. The van der Waals surface area contributed by atoms with E-state index in [2.05, 4.69) is 58.5 Å². The molecule has 0 aliphatic rings. The molecule has 0 aliphatic heterocycles. The summed E-state index contributed by atoms with van der Waals surface area (Å²) in [6.07, 6.45) is 1.000. The summed E-state index contributed by atoms with van der Waals surface area (Å²) in [6, 6.07) is 22.2. The summed E-state index contributed by atoms with van der Waals surface area (Å²) in [4.78, 5) is 0. The van der Waals surface area contributed by atoms with Crippen LogP contribution in [-0.4, -0.2) is 0 Å². The number of halogens is 2. The highest BCUT2D eigenvalue weighted by Gasteiger charge is 2.07. The zero-order valence-electron chi connectivity index (χ0n) is 14.6. The molecule has 0 fully saturated rings. The van der Waals surface area contributed by atoms with Crippen molar-refractivity contribution < 1.29 is 4.74 Å². The molecule has 0 saturated heterocycles. The summed E-state index contributed by atoms with van der Waals surface area (Å²) >= 11 is 9.61. The van der Waals surface area contributed by atoms with Gasteiger partial charge in [0.25, 0.3) is 0 Å². The monoisotopic (exact) mass is 429 g/mol. The van der Waals surface area contributed by atoms with Gasteiger partial charge in [0.05, 0.1) is 0 Å². The Morgan fingerprint density at radius 2 is 1.81 bits per heavy atom. The van der Waals surface area contributed by atoms with Gasteiger partial charge in [-0.05, 0) is 53.9 Å². The number of ether oxygens (including phenoxy) is 1. The zero-order valence-corrected chi connectivity index (χ0v) is 17.0. The molecule has 0 unspecified atom stereocenters. The van der Waals surface area contributed by atoms with Gasteiger partial charge in [0, 0.05) is 27.3 Å². The number of hydrogen-bond acceptors (Lipinski definition) is 2. The number of hydrogen-bond donors (Lipinski definition) is 1. The van der Waals surface area contributed by atoms with Gasteiger partial charge >= 0.3 is 0 Å². The lowest BCUT2D eigenvalue weighted by Crippen LogP contribution is -2.05. The van der Waals surface area contributed by atoms with E-state index in [9.17, 15) is 0 Å². The van der Waals surface area contributed by atoms with Crippen molar-refractivity contribution in [1.29, 1.82) is 0 Å². The molecule has 0 bridgehead atoms. The normalized spacial score (nSPS) is 10.6. The Balaban J connectivity index is 1.73. The van der Waals surface area contributed by atoms with Crippen LogP contribution in [0.3, 0.4) is 0 Å². The maximum absolute atomic E-state index is 6.06. The fourth-order valence-electron chi connectivity index (χ4n) is 2.81. The number of para-hydroxylation sites is 1. The predicted octanol–water partition coefficient (Wildman–Crippen LogP) is 6.86. The third-order valence-electron chi connectivity index (χ3n) is 4.17. The summed E-state index contributed by atoms with van der Waals surface area (Å²) in [5.41, 5.74) is 4.63. The SMILES string of the molecule is CCc1ccccc1NCc1cc(Br)ccc1OCc1cccc(Cl)c1. The highest BCUT2D eigenvalue weighted by molar-refractivity contribution is 9.10. The second kappa shape index (κ2) is 9.11. The third kappa shape index (κ3) is 5.03. The van der Waals surface area contributed by atoms with Gasteiger partial charge in [-0.1, -0.05) is 64.8 Å². The molecule has 0 aliphatic carbocycles. The Morgan fingerprint density at radius 1 is 0.962 bits per heavy atom. The predicted molar refractivity (Wildman–Crippen MR) is 113 cm³/mol. The molecule has 0 amide bonds. The van der Waals surface area contributed by atoms with E-state index in [1.807, 2.05) is 36.4 Å². The van der Waals surface area contributed by atoms with Gasteiger partial charge in [-0.2, -0.15) is 0 Å². The van der Waals surface area contributed by atoms with E-state index in [0.717, 1.165) is 38.5 Å². The standard InChI is InChI=1S/C22H21BrClNO/c1-2-17-7-3-4-9-21(17)25-14-18-13-19(23)10-11-22(18)26-15-16-6-5-8-20(24)12-16/h3-13,25H,2,14-15H2,1H3. The lowest BCUT2D eigenvalue weighted by Gasteiger charge is -2.15. The van der Waals surface area contributed by atoms with E-state index in [4.69, 9.17) is 16.3 Å². The number of aryl methyl sites for hydroxylation is 1. The lowest BCUT2D eigenvalue weighted by atomic mass is 10.1. The average molecular weight is 431 g/mol. The molecule has 0 aromatic heterocycles. The Morgan fingerprint density at radius 3 is 2.62 bits per heavy atom. The van der Waals surface area contributed by atoms with Crippen molar-refractivity contribution in [1.82, 2.24) is 0 Å². The molecule has 2 nitrogen and oxygen atoms in total. The van der Waals surface area contributed by atoms with Crippen molar-refractivity contribution in [3.05, 3.63) is 92.9 Å². The topological polar surface area (TPSA) is 21.3 Å². The summed E-state index contributed by atoms with van der Waals surface area (Å²) in [6.45, 7) is 3.35. The van der Waals surface area contributed by atoms with E-state index in [-0.39, 0.29) is 0 Å². The number of nitrogens with one attached hydrogen (secondary N) is 1. The van der Waals surface area contributed by atoms with Crippen LogP contribution in [-0.2, 0) is 19.6 Å². The van der Waals surface area contributed by atoms with Gasteiger partial charge in [-0.15, -0.1) is 0 Å².